The molecule has 32 heavy (non-hydrogen) atoms. The van der Waals surface area contributed by atoms with Gasteiger partial charge < -0.3 is 4.74 Å². The molecular formula is C22H24N4O6. The number of nitrogens with zero attached hydrogens (tertiary/aromatic N) is 4. The van der Waals surface area contributed by atoms with Crippen molar-refractivity contribution in [3.8, 4) is 5.75 Å². The van der Waals surface area contributed by atoms with Crippen molar-refractivity contribution in [2.24, 2.45) is 22.4 Å². The van der Waals surface area contributed by atoms with Crippen molar-refractivity contribution < 1.29 is 24.0 Å². The largest absolute Gasteiger partial charge is 0.490 e. The third-order valence-electron chi connectivity index (χ3n) is 6.23. The number of hydrogen-bond acceptors (Lipinski definition) is 8. The van der Waals surface area contributed by atoms with Crippen molar-refractivity contribution in [1.29, 1.82) is 0 Å². The summed E-state index contributed by atoms with van der Waals surface area (Å²) in [5.74, 6) is -2.89. The highest BCUT2D eigenvalue weighted by molar-refractivity contribution is 6.24. The Morgan fingerprint density at radius 1 is 1.19 bits per heavy atom. The number of hydrogen-bond donors (Lipinski definition) is 0. The minimum Gasteiger partial charge on any atom is -0.490 e. The lowest BCUT2D eigenvalue weighted by atomic mass is 9.80. The zero-order valence-corrected chi connectivity index (χ0v) is 18.4. The third-order valence-corrected chi connectivity index (χ3v) is 6.23. The first-order valence-corrected chi connectivity index (χ1v) is 10.2. The van der Waals surface area contributed by atoms with Crippen LogP contribution in [0.15, 0.2) is 29.4 Å². The Bertz CT molecular complexity index is 1100. The van der Waals surface area contributed by atoms with Crippen LogP contribution in [0.3, 0.4) is 0 Å². The molecule has 0 radical (unpaired) electrons. The number of nitro benzene ring substituents is 1. The second kappa shape index (κ2) is 7.25. The minimum atomic E-state index is -0.903. The van der Waals surface area contributed by atoms with Crippen LogP contribution >= 0.6 is 0 Å². The summed E-state index contributed by atoms with van der Waals surface area (Å²) >= 11 is 0. The number of allylic oxidation sites excluding steroid dienone is 1. The van der Waals surface area contributed by atoms with Gasteiger partial charge in [-0.15, -0.1) is 0 Å². The van der Waals surface area contributed by atoms with Crippen molar-refractivity contribution in [3.05, 3.63) is 40.0 Å². The zero-order chi connectivity index (χ0) is 23.5. The molecule has 1 aromatic rings. The lowest BCUT2D eigenvalue weighted by molar-refractivity contribution is -0.385. The molecule has 10 heteroatoms. The maximum Gasteiger partial charge on any atom is 0.311 e. The van der Waals surface area contributed by atoms with E-state index in [1.165, 1.54) is 19.2 Å². The third kappa shape index (κ3) is 3.01. The fraction of sp³-hybridized carbons (Fsp3) is 0.455. The molecule has 1 aromatic carbocycles. The van der Waals surface area contributed by atoms with Gasteiger partial charge in [-0.25, -0.2) is 4.90 Å². The minimum absolute atomic E-state index is 0.0561. The van der Waals surface area contributed by atoms with E-state index in [1.807, 2.05) is 0 Å². The first-order valence-electron chi connectivity index (χ1n) is 10.2. The number of Topliss-reactive ketones (excluding diaryl/α,β-unsaturated/α-hetero) is 1. The molecule has 3 aliphatic heterocycles. The van der Waals surface area contributed by atoms with Gasteiger partial charge in [0, 0.05) is 23.8 Å². The summed E-state index contributed by atoms with van der Waals surface area (Å²) in [4.78, 5) is 52.3. The van der Waals surface area contributed by atoms with Gasteiger partial charge >= 0.3 is 5.69 Å². The van der Waals surface area contributed by atoms with Gasteiger partial charge in [0.2, 0.25) is 11.8 Å². The molecule has 0 unspecified atom stereocenters. The number of rotatable bonds is 4. The number of nitro groups is 1. The Balaban J connectivity index is 1.82. The van der Waals surface area contributed by atoms with Crippen LogP contribution in [0.1, 0.15) is 26.3 Å². The fourth-order valence-electron chi connectivity index (χ4n) is 4.73. The number of fused-ring (bicyclic) bond motifs is 3. The molecule has 0 spiro atoms. The van der Waals surface area contributed by atoms with Crippen LogP contribution in [0, 0.1) is 34.3 Å². The number of aryl methyl sites for hydroxylation is 1. The van der Waals surface area contributed by atoms with Crippen molar-refractivity contribution in [1.82, 2.24) is 5.01 Å². The summed E-state index contributed by atoms with van der Waals surface area (Å²) in [6.07, 6.45) is 5.01. The summed E-state index contributed by atoms with van der Waals surface area (Å²) in [5, 5.41) is 17.2. The number of carbonyl (C=O) groups is 3. The van der Waals surface area contributed by atoms with Gasteiger partial charge in [-0.05, 0) is 18.6 Å². The van der Waals surface area contributed by atoms with E-state index < -0.39 is 46.1 Å². The number of benzene rings is 1. The molecule has 0 aliphatic carbocycles. The highest BCUT2D eigenvalue weighted by atomic mass is 16.6. The van der Waals surface area contributed by atoms with E-state index in [4.69, 9.17) is 4.74 Å². The molecule has 3 heterocycles. The number of imide groups is 1. The maximum absolute atomic E-state index is 13.6. The standard InChI is InChI=1S/C22H24N4O6/c1-11-9-14(26(30)31)15(32-5)10-13(11)24-20(28)16-12-7-6-8-23-25(12)18(17(16)21(24)29)19(27)22(2,3)4/h6-10,12,16-18H,1-5H3/t12-,16+,17-,18+/m1/s1. The Labute approximate surface area is 184 Å². The topological polar surface area (TPSA) is 122 Å². The number of methoxy groups -OCH3 is 1. The average Bonchev–Trinajstić information content (AvgIpc) is 3.19. The zero-order valence-electron chi connectivity index (χ0n) is 18.4. The summed E-state index contributed by atoms with van der Waals surface area (Å²) in [6.45, 7) is 6.90. The summed E-state index contributed by atoms with van der Waals surface area (Å²) in [5.41, 5.74) is -0.408. The van der Waals surface area contributed by atoms with Gasteiger partial charge in [0.15, 0.2) is 11.5 Å². The highest BCUT2D eigenvalue weighted by Crippen LogP contribution is 2.48. The van der Waals surface area contributed by atoms with Crippen LogP contribution in [0.4, 0.5) is 11.4 Å². The maximum atomic E-state index is 13.6. The number of ether oxygens (including phenoxy) is 1. The Morgan fingerprint density at radius 3 is 2.44 bits per heavy atom. The van der Waals surface area contributed by atoms with E-state index in [2.05, 4.69) is 5.10 Å². The highest BCUT2D eigenvalue weighted by Gasteiger charge is 2.65. The molecule has 168 valence electrons. The normalized spacial score (nSPS) is 26.4. The Kier molecular flexibility index (Phi) is 4.91. The number of carbonyl (C=O) groups excluding carboxylic acids is 3. The van der Waals surface area contributed by atoms with Gasteiger partial charge in [0.05, 0.1) is 35.6 Å². The molecule has 4 atom stereocenters. The van der Waals surface area contributed by atoms with Crippen LogP contribution in [-0.2, 0) is 14.4 Å². The predicted octanol–water partition coefficient (Wildman–Crippen LogP) is 2.24. The quantitative estimate of drug-likeness (QED) is 0.400. The Morgan fingerprint density at radius 2 is 1.84 bits per heavy atom. The molecule has 0 saturated carbocycles. The smallest absolute Gasteiger partial charge is 0.311 e. The van der Waals surface area contributed by atoms with Gasteiger partial charge in [-0.1, -0.05) is 26.8 Å². The molecule has 0 aromatic heterocycles. The summed E-state index contributed by atoms with van der Waals surface area (Å²) in [6, 6.07) is 1.20. The van der Waals surface area contributed by atoms with Crippen LogP contribution in [0.5, 0.6) is 5.75 Å². The lowest BCUT2D eigenvalue weighted by Crippen LogP contribution is -2.49. The molecule has 10 nitrogen and oxygen atoms in total. The molecule has 0 bridgehead atoms. The molecule has 0 N–H and O–H groups in total. The van der Waals surface area contributed by atoms with Gasteiger partial charge in [0.1, 0.15) is 6.04 Å². The van der Waals surface area contributed by atoms with Crippen molar-refractivity contribution in [2.75, 3.05) is 12.0 Å². The monoisotopic (exact) mass is 440 g/mol. The predicted molar refractivity (Wildman–Crippen MR) is 115 cm³/mol. The number of ketones is 1. The first kappa shape index (κ1) is 21.7. The van der Waals surface area contributed by atoms with E-state index >= 15 is 0 Å². The van der Waals surface area contributed by atoms with Gasteiger partial charge in [-0.3, -0.25) is 29.5 Å². The summed E-state index contributed by atoms with van der Waals surface area (Å²) in [7, 11) is 1.28. The lowest BCUT2D eigenvalue weighted by Gasteiger charge is -2.33. The van der Waals surface area contributed by atoms with Gasteiger partial charge in [-0.2, -0.15) is 5.10 Å². The molecule has 2 amide bonds. The van der Waals surface area contributed by atoms with Gasteiger partial charge in [0.25, 0.3) is 0 Å². The van der Waals surface area contributed by atoms with Crippen LogP contribution < -0.4 is 9.64 Å². The fourth-order valence-corrected chi connectivity index (χ4v) is 4.73. The van der Waals surface area contributed by atoms with E-state index in [9.17, 15) is 24.5 Å². The second-order valence-corrected chi connectivity index (χ2v) is 9.21. The molecule has 3 aliphatic rings. The van der Waals surface area contributed by atoms with Crippen LogP contribution in [-0.4, -0.2) is 52.9 Å². The SMILES string of the molecule is COc1cc(N2C(=O)[C@@H]3[C@@H](C2=O)[C@@H](C(=O)C(C)(C)C)N2N=CC=C[C@H]32)c(C)cc1[N+](=O)[O-]. The van der Waals surface area contributed by atoms with E-state index in [-0.39, 0.29) is 22.9 Å². The summed E-state index contributed by atoms with van der Waals surface area (Å²) < 4.78 is 5.13. The molecule has 2 saturated heterocycles. The average molecular weight is 440 g/mol. The molecule has 4 rings (SSSR count). The number of anilines is 1. The van der Waals surface area contributed by atoms with Crippen molar-refractivity contribution >= 4 is 35.2 Å². The molecule has 2 fully saturated rings. The van der Waals surface area contributed by atoms with E-state index in [1.54, 1.807) is 51.1 Å². The van der Waals surface area contributed by atoms with Crippen LogP contribution in [0.2, 0.25) is 0 Å². The van der Waals surface area contributed by atoms with Crippen molar-refractivity contribution in [2.45, 2.75) is 39.8 Å². The first-order chi connectivity index (χ1) is 15.0. The number of hydrazone groups is 1. The van der Waals surface area contributed by atoms with Crippen LogP contribution in [0.25, 0.3) is 0 Å². The van der Waals surface area contributed by atoms with Crippen molar-refractivity contribution in [3.63, 3.8) is 0 Å². The molecular weight excluding hydrogens is 416 g/mol. The van der Waals surface area contributed by atoms with E-state index in [0.717, 1.165) is 4.90 Å². The Hall–Kier alpha value is -3.56. The second-order valence-electron chi connectivity index (χ2n) is 9.21. The number of amides is 2. The van der Waals surface area contributed by atoms with E-state index in [0.29, 0.717) is 5.56 Å².